The first-order chi connectivity index (χ1) is 6.72. The standard InChI is InChI=1S/C10H12N2S2/c1-3-8-9(11)12-10(14-8)7-4-5-13-6(7)2/h4-5H,3,11H2,1-2H3. The first-order valence-electron chi connectivity index (χ1n) is 4.52. The molecule has 74 valence electrons. The number of anilines is 1. The normalized spacial score (nSPS) is 10.7. The predicted molar refractivity (Wildman–Crippen MR) is 64.0 cm³/mol. The van der Waals surface area contributed by atoms with Gasteiger partial charge in [-0.1, -0.05) is 6.92 Å². The Bertz CT molecular complexity index is 443. The molecule has 2 N–H and O–H groups in total. The van der Waals surface area contributed by atoms with Crippen LogP contribution >= 0.6 is 22.7 Å². The molecule has 2 aromatic heterocycles. The molecule has 4 heteroatoms. The minimum atomic E-state index is 0.693. The molecule has 14 heavy (non-hydrogen) atoms. The van der Waals surface area contributed by atoms with Crippen LogP contribution in [-0.4, -0.2) is 4.98 Å². The molecule has 0 bridgehead atoms. The molecule has 2 nitrogen and oxygen atoms in total. The van der Waals surface area contributed by atoms with E-state index >= 15 is 0 Å². The number of thiazole rings is 1. The lowest BCUT2D eigenvalue weighted by atomic mass is 10.3. The van der Waals surface area contributed by atoms with Gasteiger partial charge in [-0.2, -0.15) is 0 Å². The maximum atomic E-state index is 5.81. The summed E-state index contributed by atoms with van der Waals surface area (Å²) in [4.78, 5) is 6.88. The summed E-state index contributed by atoms with van der Waals surface area (Å²) in [5, 5.41) is 3.14. The second-order valence-corrected chi connectivity index (χ2v) is 5.28. The van der Waals surface area contributed by atoms with Crippen molar-refractivity contribution in [1.82, 2.24) is 4.98 Å². The number of aromatic nitrogens is 1. The zero-order valence-corrected chi connectivity index (χ0v) is 9.84. The van der Waals surface area contributed by atoms with Crippen molar-refractivity contribution >= 4 is 28.5 Å². The number of nitrogens with zero attached hydrogens (tertiary/aromatic N) is 1. The van der Waals surface area contributed by atoms with Gasteiger partial charge in [0.1, 0.15) is 10.8 Å². The van der Waals surface area contributed by atoms with Gasteiger partial charge in [-0.25, -0.2) is 4.98 Å². The van der Waals surface area contributed by atoms with Gasteiger partial charge in [0.05, 0.1) is 0 Å². The highest BCUT2D eigenvalue weighted by Gasteiger charge is 2.10. The number of nitrogens with two attached hydrogens (primary N) is 1. The number of thiophene rings is 1. The Hall–Kier alpha value is -0.870. The fraction of sp³-hybridized carbons (Fsp3) is 0.300. The molecule has 2 heterocycles. The third-order valence-electron chi connectivity index (χ3n) is 2.14. The summed E-state index contributed by atoms with van der Waals surface area (Å²) in [6.07, 6.45) is 0.965. The van der Waals surface area contributed by atoms with E-state index < -0.39 is 0 Å². The van der Waals surface area contributed by atoms with Crippen LogP contribution < -0.4 is 5.73 Å². The molecule has 0 saturated carbocycles. The van der Waals surface area contributed by atoms with Crippen LogP contribution in [0, 0.1) is 6.92 Å². The number of hydrogen-bond acceptors (Lipinski definition) is 4. The molecule has 2 aromatic rings. The van der Waals surface area contributed by atoms with E-state index in [9.17, 15) is 0 Å². The van der Waals surface area contributed by atoms with Crippen molar-refractivity contribution in [2.45, 2.75) is 20.3 Å². The molecule has 0 saturated heterocycles. The minimum absolute atomic E-state index is 0.693. The molecule has 0 unspecified atom stereocenters. The van der Waals surface area contributed by atoms with Gasteiger partial charge in [-0.3, -0.25) is 0 Å². The fourth-order valence-corrected chi connectivity index (χ4v) is 3.11. The Labute approximate surface area is 91.4 Å². The minimum Gasteiger partial charge on any atom is -0.383 e. The quantitative estimate of drug-likeness (QED) is 0.850. The molecule has 0 radical (unpaired) electrons. The van der Waals surface area contributed by atoms with E-state index in [4.69, 9.17) is 5.73 Å². The van der Waals surface area contributed by atoms with E-state index in [-0.39, 0.29) is 0 Å². The molecule has 0 atom stereocenters. The first-order valence-corrected chi connectivity index (χ1v) is 6.21. The molecule has 0 aliphatic rings. The topological polar surface area (TPSA) is 38.9 Å². The predicted octanol–water partition coefficient (Wildman–Crippen LogP) is 3.32. The van der Waals surface area contributed by atoms with E-state index in [2.05, 4.69) is 30.3 Å². The molecule has 0 aliphatic heterocycles. The molecule has 2 rings (SSSR count). The summed E-state index contributed by atoms with van der Waals surface area (Å²) in [5.41, 5.74) is 7.04. The average Bonchev–Trinajstić information content (AvgIpc) is 2.71. The van der Waals surface area contributed by atoms with Crippen LogP contribution in [-0.2, 0) is 6.42 Å². The molecular formula is C10H12N2S2. The summed E-state index contributed by atoms with van der Waals surface area (Å²) in [7, 11) is 0. The van der Waals surface area contributed by atoms with Gasteiger partial charge >= 0.3 is 0 Å². The summed E-state index contributed by atoms with van der Waals surface area (Å²) in [5.74, 6) is 0.693. The molecule has 0 aliphatic carbocycles. The summed E-state index contributed by atoms with van der Waals surface area (Å²) in [6.45, 7) is 4.22. The lowest BCUT2D eigenvalue weighted by Gasteiger charge is -1.91. The van der Waals surface area contributed by atoms with Crippen molar-refractivity contribution in [2.75, 3.05) is 5.73 Å². The number of rotatable bonds is 2. The van der Waals surface area contributed by atoms with E-state index in [0.717, 1.165) is 11.4 Å². The van der Waals surface area contributed by atoms with Crippen LogP contribution in [0.5, 0.6) is 0 Å². The second-order valence-electron chi connectivity index (χ2n) is 3.07. The van der Waals surface area contributed by atoms with Crippen molar-refractivity contribution in [3.05, 3.63) is 21.2 Å². The van der Waals surface area contributed by atoms with Gasteiger partial charge in [0.15, 0.2) is 0 Å². The SMILES string of the molecule is CCc1sc(-c2ccsc2C)nc1N. The lowest BCUT2D eigenvalue weighted by molar-refractivity contribution is 1.17. The Balaban J connectivity index is 2.47. The van der Waals surface area contributed by atoms with Crippen LogP contribution in [0.3, 0.4) is 0 Å². The zero-order valence-electron chi connectivity index (χ0n) is 8.20. The van der Waals surface area contributed by atoms with Crippen molar-refractivity contribution in [3.8, 4) is 10.6 Å². The van der Waals surface area contributed by atoms with E-state index in [1.165, 1.54) is 15.3 Å². The van der Waals surface area contributed by atoms with Crippen molar-refractivity contribution < 1.29 is 0 Å². The monoisotopic (exact) mass is 224 g/mol. The number of hydrogen-bond donors (Lipinski definition) is 1. The molecule has 0 fully saturated rings. The van der Waals surface area contributed by atoms with Crippen LogP contribution in [0.4, 0.5) is 5.82 Å². The van der Waals surface area contributed by atoms with Crippen LogP contribution in [0.15, 0.2) is 11.4 Å². The highest BCUT2D eigenvalue weighted by atomic mass is 32.1. The molecule has 0 aromatic carbocycles. The summed E-state index contributed by atoms with van der Waals surface area (Å²) >= 11 is 3.45. The number of aryl methyl sites for hydroxylation is 2. The highest BCUT2D eigenvalue weighted by molar-refractivity contribution is 7.16. The Morgan fingerprint density at radius 1 is 1.50 bits per heavy atom. The van der Waals surface area contributed by atoms with E-state index in [1.807, 2.05) is 0 Å². The smallest absolute Gasteiger partial charge is 0.138 e. The number of nitrogen functional groups attached to an aromatic ring is 1. The van der Waals surface area contributed by atoms with Gasteiger partial charge in [-0.15, -0.1) is 22.7 Å². The zero-order chi connectivity index (χ0) is 10.1. The fourth-order valence-electron chi connectivity index (χ4n) is 1.34. The molecular weight excluding hydrogens is 212 g/mol. The molecule has 0 amide bonds. The Kier molecular flexibility index (Phi) is 2.56. The maximum Gasteiger partial charge on any atom is 0.138 e. The van der Waals surface area contributed by atoms with Gasteiger partial charge < -0.3 is 5.73 Å². The van der Waals surface area contributed by atoms with Gasteiger partial charge in [-0.05, 0) is 24.8 Å². The van der Waals surface area contributed by atoms with Crippen molar-refractivity contribution in [2.24, 2.45) is 0 Å². The van der Waals surface area contributed by atoms with Crippen LogP contribution in [0.1, 0.15) is 16.7 Å². The third kappa shape index (κ3) is 1.55. The Morgan fingerprint density at radius 3 is 2.79 bits per heavy atom. The highest BCUT2D eigenvalue weighted by Crippen LogP contribution is 2.33. The van der Waals surface area contributed by atoms with Crippen molar-refractivity contribution in [3.63, 3.8) is 0 Å². The largest absolute Gasteiger partial charge is 0.383 e. The van der Waals surface area contributed by atoms with Crippen LogP contribution in [0.2, 0.25) is 0 Å². The molecule has 0 spiro atoms. The van der Waals surface area contributed by atoms with Gasteiger partial charge in [0.25, 0.3) is 0 Å². The van der Waals surface area contributed by atoms with Gasteiger partial charge in [0.2, 0.25) is 0 Å². The van der Waals surface area contributed by atoms with Crippen LogP contribution in [0.25, 0.3) is 10.6 Å². The third-order valence-corrected chi connectivity index (χ3v) is 4.23. The maximum absolute atomic E-state index is 5.81. The summed E-state index contributed by atoms with van der Waals surface area (Å²) in [6, 6.07) is 2.11. The summed E-state index contributed by atoms with van der Waals surface area (Å²) < 4.78 is 0. The lowest BCUT2D eigenvalue weighted by Crippen LogP contribution is -1.88. The van der Waals surface area contributed by atoms with E-state index in [1.54, 1.807) is 22.7 Å². The second kappa shape index (κ2) is 3.71. The van der Waals surface area contributed by atoms with E-state index in [0.29, 0.717) is 5.82 Å². The first kappa shape index (κ1) is 9.68. The Morgan fingerprint density at radius 2 is 2.29 bits per heavy atom. The average molecular weight is 224 g/mol. The van der Waals surface area contributed by atoms with Crippen molar-refractivity contribution in [1.29, 1.82) is 0 Å². The van der Waals surface area contributed by atoms with Gasteiger partial charge in [0, 0.05) is 15.3 Å².